The first-order valence-electron chi connectivity index (χ1n) is 16.2. The molecule has 0 radical (unpaired) electrons. The van der Waals surface area contributed by atoms with Gasteiger partial charge in [0.25, 0.3) is 11.8 Å². The van der Waals surface area contributed by atoms with Gasteiger partial charge in [0.05, 0.1) is 32.2 Å². The minimum absolute atomic E-state index is 0.104. The third kappa shape index (κ3) is 9.29. The van der Waals surface area contributed by atoms with E-state index < -0.39 is 17.4 Å². The molecular weight excluding hydrogens is 938 g/mol. The third-order valence-corrected chi connectivity index (χ3v) is 9.29. The lowest BCUT2D eigenvalue weighted by Gasteiger charge is -2.14. The average Bonchev–Trinajstić information content (AvgIpc) is 3.76. The Kier molecular flexibility index (Phi) is 14.0. The van der Waals surface area contributed by atoms with Crippen LogP contribution in [-0.2, 0) is 0 Å². The molecule has 2 aromatic carbocycles. The fourth-order valence-electron chi connectivity index (χ4n) is 5.17. The fourth-order valence-corrected chi connectivity index (χ4v) is 6.87. The third-order valence-electron chi connectivity index (χ3n) is 7.49. The van der Waals surface area contributed by atoms with Gasteiger partial charge in [-0.2, -0.15) is 10.2 Å². The van der Waals surface area contributed by atoms with Crippen molar-refractivity contribution in [3.63, 3.8) is 0 Å². The summed E-state index contributed by atoms with van der Waals surface area (Å²) < 4.78 is 9.12. The van der Waals surface area contributed by atoms with Gasteiger partial charge in [-0.1, -0.05) is 60.3 Å². The topological polar surface area (TPSA) is 189 Å². The zero-order chi connectivity index (χ0) is 40.8. The lowest BCUT2D eigenvalue weighted by atomic mass is 10.1. The molecular formula is C36H28Br2Cl4N10O4. The number of nitrogens with one attached hydrogen (secondary N) is 2. The van der Waals surface area contributed by atoms with Crippen LogP contribution in [0.2, 0.25) is 20.1 Å². The van der Waals surface area contributed by atoms with E-state index in [1.165, 1.54) is 33.8 Å². The Morgan fingerprint density at radius 1 is 0.786 bits per heavy atom. The maximum Gasteiger partial charge on any atom is 0.347 e. The van der Waals surface area contributed by atoms with Gasteiger partial charge in [-0.05, 0) is 105 Å². The smallest absolute Gasteiger partial charge is 0.347 e. The van der Waals surface area contributed by atoms with Crippen LogP contribution in [0.3, 0.4) is 0 Å². The van der Waals surface area contributed by atoms with E-state index in [9.17, 15) is 14.4 Å². The number of nitrogens with two attached hydrogens (primary N) is 1. The van der Waals surface area contributed by atoms with E-state index in [4.69, 9.17) is 56.7 Å². The number of carbonyl (C=O) groups excluding carboxylic acids is 2. The Bertz CT molecular complexity index is 2670. The average molecular weight is 966 g/mol. The summed E-state index contributed by atoms with van der Waals surface area (Å²) in [5.41, 5.74) is 4.35. The normalized spacial score (nSPS) is 10.6. The Balaban J connectivity index is 0.000000206. The Morgan fingerprint density at radius 2 is 1.36 bits per heavy atom. The quantitative estimate of drug-likeness (QED) is 0.0823. The molecule has 5 aromatic heterocycles. The molecule has 0 aliphatic carbocycles. The molecule has 0 spiro atoms. The van der Waals surface area contributed by atoms with Crippen LogP contribution in [0.25, 0.3) is 34.1 Å². The molecule has 0 unspecified atom stereocenters. The Labute approximate surface area is 355 Å². The van der Waals surface area contributed by atoms with Crippen LogP contribution >= 0.6 is 78.3 Å². The molecule has 4 N–H and O–H groups in total. The van der Waals surface area contributed by atoms with E-state index in [0.717, 1.165) is 5.56 Å². The summed E-state index contributed by atoms with van der Waals surface area (Å²) >= 11 is 31.0. The van der Waals surface area contributed by atoms with E-state index in [-0.39, 0.29) is 28.7 Å². The van der Waals surface area contributed by atoms with Gasteiger partial charge in [0, 0.05) is 34.6 Å². The molecule has 0 aliphatic heterocycles. The highest BCUT2D eigenvalue weighted by molar-refractivity contribution is 9.10. The minimum atomic E-state index is -0.594. The number of carbonyl (C=O) groups is 2. The number of hydrazine groups is 1. The number of anilines is 1. The van der Waals surface area contributed by atoms with Crippen LogP contribution in [0.15, 0.2) is 91.5 Å². The Morgan fingerprint density at radius 3 is 1.98 bits per heavy atom. The number of halogens is 6. The summed E-state index contributed by atoms with van der Waals surface area (Å²) in [6.45, 7) is 7.53. The van der Waals surface area contributed by atoms with Gasteiger partial charge in [0.2, 0.25) is 5.89 Å². The number of rotatable bonds is 6. The molecule has 0 atom stereocenters. The monoisotopic (exact) mass is 962 g/mol. The van der Waals surface area contributed by atoms with Crippen LogP contribution in [-0.4, -0.2) is 46.3 Å². The number of nitrogen functional groups attached to an aromatic ring is 1. The zero-order valence-electron chi connectivity index (χ0n) is 29.5. The fraction of sp³-hybridized carbons (Fsp3) is 0.111. The number of nitrogens with zero attached hydrogens (tertiary/aromatic N) is 7. The van der Waals surface area contributed by atoms with Gasteiger partial charge in [-0.3, -0.25) is 15.0 Å². The summed E-state index contributed by atoms with van der Waals surface area (Å²) in [5.74, 6) is 4.90. The Hall–Kier alpha value is -4.68. The maximum absolute atomic E-state index is 13.0. The predicted molar refractivity (Wildman–Crippen MR) is 224 cm³/mol. The molecule has 0 bridgehead atoms. The van der Waals surface area contributed by atoms with Crippen molar-refractivity contribution in [2.75, 3.05) is 5.32 Å². The first-order valence-corrected chi connectivity index (χ1v) is 19.3. The molecule has 20 heteroatoms. The highest BCUT2D eigenvalue weighted by atomic mass is 79.9. The number of amides is 2. The molecule has 7 rings (SSSR count). The standard InChI is InChI=1S/C17H13BrCl2N6O2.C17H9BrCl2N4O2.C2H6/c1-8-5-9(19)6-10(16(27)24-21)14(8)23-17(28)12-7-13(18)25-26(12)15-11(20)3-2-4-22-15;1-8-5-9(19)6-10-14(8)22-16(26-17(10)25)12-7-13(18)23-24(12)15-11(20)3-2-4-21-15;1-2/h2-7H,21H2,1H3,(H,23,28)(H,24,27);2-7H,1H3;1-2H3. The molecule has 0 fully saturated rings. The van der Waals surface area contributed by atoms with Crippen LogP contribution in [0, 0.1) is 13.8 Å². The van der Waals surface area contributed by atoms with Crippen molar-refractivity contribution in [2.24, 2.45) is 5.84 Å². The van der Waals surface area contributed by atoms with E-state index >= 15 is 0 Å². The van der Waals surface area contributed by atoms with Crippen LogP contribution in [0.1, 0.15) is 45.8 Å². The summed E-state index contributed by atoms with van der Waals surface area (Å²) in [4.78, 5) is 50.4. The van der Waals surface area contributed by atoms with Crippen LogP contribution in [0.5, 0.6) is 0 Å². The van der Waals surface area contributed by atoms with Crippen molar-refractivity contribution in [3.8, 4) is 23.2 Å². The van der Waals surface area contributed by atoms with Crippen LogP contribution < -0.4 is 22.2 Å². The van der Waals surface area contributed by atoms with Gasteiger partial charge in [-0.15, -0.1) is 0 Å². The summed E-state index contributed by atoms with van der Waals surface area (Å²) in [6.07, 6.45) is 3.13. The zero-order valence-corrected chi connectivity index (χ0v) is 35.7. The van der Waals surface area contributed by atoms with Crippen molar-refractivity contribution in [2.45, 2.75) is 27.7 Å². The summed E-state index contributed by atoms with van der Waals surface area (Å²) in [5, 5.41) is 13.1. The number of aromatic nitrogens is 7. The van der Waals surface area contributed by atoms with Crippen LogP contribution in [0.4, 0.5) is 5.69 Å². The molecule has 288 valence electrons. The number of aryl methyl sites for hydroxylation is 2. The molecule has 2 amide bonds. The number of fused-ring (bicyclic) bond motifs is 1. The van der Waals surface area contributed by atoms with Crippen molar-refractivity contribution in [1.82, 2.24) is 39.9 Å². The second-order valence-electron chi connectivity index (χ2n) is 11.1. The first-order chi connectivity index (χ1) is 26.7. The molecule has 0 saturated heterocycles. The molecule has 0 saturated carbocycles. The van der Waals surface area contributed by atoms with Gasteiger partial charge >= 0.3 is 5.63 Å². The molecule has 5 heterocycles. The van der Waals surface area contributed by atoms with Gasteiger partial charge < -0.3 is 9.73 Å². The van der Waals surface area contributed by atoms with Gasteiger partial charge in [0.1, 0.15) is 20.6 Å². The van der Waals surface area contributed by atoms with E-state index in [2.05, 4.69) is 62.3 Å². The van der Waals surface area contributed by atoms with Crippen molar-refractivity contribution >= 4 is 107 Å². The largest absolute Gasteiger partial charge is 0.401 e. The lowest BCUT2D eigenvalue weighted by molar-refractivity contribution is 0.0954. The lowest BCUT2D eigenvalue weighted by Crippen LogP contribution is -2.31. The number of hydrogen-bond acceptors (Lipinski definition) is 10. The number of pyridine rings is 2. The summed E-state index contributed by atoms with van der Waals surface area (Å²) in [6, 6.07) is 16.2. The van der Waals surface area contributed by atoms with Crippen molar-refractivity contribution < 1.29 is 14.0 Å². The second kappa shape index (κ2) is 18.5. The molecule has 0 aliphatic rings. The summed E-state index contributed by atoms with van der Waals surface area (Å²) in [7, 11) is 0. The predicted octanol–water partition coefficient (Wildman–Crippen LogP) is 9.34. The molecule has 7 aromatic rings. The number of benzene rings is 2. The van der Waals surface area contributed by atoms with Crippen molar-refractivity contribution in [3.05, 3.63) is 135 Å². The van der Waals surface area contributed by atoms with E-state index in [0.29, 0.717) is 57.3 Å². The SMILES string of the molecule is CC.Cc1cc(Cl)cc(C(=O)NN)c1NC(=O)c1cc(Br)nn1-c1ncccc1Cl.Cc1cc(Cl)cc2c(=O)oc(-c3cc(Br)nn3-c3ncccc3Cl)nc12. The highest BCUT2D eigenvalue weighted by Gasteiger charge is 2.23. The van der Waals surface area contributed by atoms with Gasteiger partial charge in [0.15, 0.2) is 11.6 Å². The molecule has 14 nitrogen and oxygen atoms in total. The van der Waals surface area contributed by atoms with Crippen molar-refractivity contribution in [1.29, 1.82) is 0 Å². The minimum Gasteiger partial charge on any atom is -0.401 e. The molecule has 56 heavy (non-hydrogen) atoms. The van der Waals surface area contributed by atoms with Gasteiger partial charge in [-0.25, -0.2) is 35.0 Å². The second-order valence-corrected chi connectivity index (χ2v) is 14.5. The maximum atomic E-state index is 13.0. The first kappa shape index (κ1) is 42.5. The highest BCUT2D eigenvalue weighted by Crippen LogP contribution is 2.30. The number of hydrogen-bond donors (Lipinski definition) is 3. The van der Waals surface area contributed by atoms with E-state index in [1.807, 2.05) is 26.2 Å². The van der Waals surface area contributed by atoms with E-state index in [1.54, 1.807) is 55.6 Å².